The summed E-state index contributed by atoms with van der Waals surface area (Å²) in [5.74, 6) is -0.409. The molecule has 4 heteroatoms. The van der Waals surface area contributed by atoms with E-state index in [4.69, 9.17) is 4.74 Å². The molecule has 0 aromatic rings. The van der Waals surface area contributed by atoms with Crippen LogP contribution in [0.15, 0.2) is 0 Å². The van der Waals surface area contributed by atoms with E-state index >= 15 is 0 Å². The molecule has 1 heterocycles. The number of esters is 1. The van der Waals surface area contributed by atoms with Crippen molar-refractivity contribution in [1.29, 1.82) is 0 Å². The average molecular weight is 160 g/mol. The Hall–Kier alpha value is -0.610. The highest BCUT2D eigenvalue weighted by Gasteiger charge is 2.35. The fraction of sp³-hybridized carbons (Fsp3) is 0.857. The summed E-state index contributed by atoms with van der Waals surface area (Å²) in [5, 5.41) is 9.18. The average Bonchev–Trinajstić information content (AvgIpc) is 2.31. The molecule has 0 unspecified atom stereocenters. The third-order valence-electron chi connectivity index (χ3n) is 1.84. The topological polar surface area (TPSA) is 55.8 Å². The number of carbonyl (C=O) groups is 1. The Kier molecular flexibility index (Phi) is 2.46. The van der Waals surface area contributed by atoms with Crippen LogP contribution in [0.1, 0.15) is 13.3 Å². The van der Waals surface area contributed by atoms with Gasteiger partial charge in [-0.3, -0.25) is 0 Å². The smallest absolute Gasteiger partial charge is 0.335 e. The van der Waals surface area contributed by atoms with Crippen molar-refractivity contribution in [3.8, 4) is 0 Å². The van der Waals surface area contributed by atoms with Gasteiger partial charge >= 0.3 is 5.97 Å². The van der Waals surface area contributed by atoms with Crippen LogP contribution in [0.4, 0.5) is 0 Å². The van der Waals surface area contributed by atoms with Gasteiger partial charge in [-0.1, -0.05) is 0 Å². The van der Waals surface area contributed by atoms with Crippen LogP contribution in [0, 0.1) is 0 Å². The molecule has 4 nitrogen and oxygen atoms in total. The largest absolute Gasteiger partial charge is 0.467 e. The van der Waals surface area contributed by atoms with E-state index in [-0.39, 0.29) is 6.10 Å². The zero-order valence-corrected chi connectivity index (χ0v) is 6.61. The van der Waals surface area contributed by atoms with E-state index in [1.165, 1.54) is 7.11 Å². The lowest BCUT2D eigenvalue weighted by Gasteiger charge is -2.07. The molecule has 3 atom stereocenters. The first-order valence-corrected chi connectivity index (χ1v) is 3.56. The lowest BCUT2D eigenvalue weighted by atomic mass is 10.1. The molecule has 0 aliphatic carbocycles. The molecule has 1 N–H and O–H groups in total. The Morgan fingerprint density at radius 2 is 2.36 bits per heavy atom. The number of aliphatic hydroxyl groups excluding tert-OH is 1. The molecule has 1 aliphatic rings. The molecule has 0 radical (unpaired) electrons. The normalized spacial score (nSPS) is 37.2. The standard InChI is InChI=1S/C7H12O4/c1-4-5(8)3-6(11-4)7(9)10-2/h4-6,8H,3H2,1-2H3/t4-,5-,6+/m0/s1. The van der Waals surface area contributed by atoms with Crippen molar-refractivity contribution < 1.29 is 19.4 Å². The quantitative estimate of drug-likeness (QED) is 0.535. The number of rotatable bonds is 1. The van der Waals surface area contributed by atoms with Crippen LogP contribution in [0.2, 0.25) is 0 Å². The van der Waals surface area contributed by atoms with Crippen molar-refractivity contribution in [3.05, 3.63) is 0 Å². The maximum Gasteiger partial charge on any atom is 0.335 e. The van der Waals surface area contributed by atoms with E-state index in [9.17, 15) is 9.90 Å². The van der Waals surface area contributed by atoms with Gasteiger partial charge in [0.25, 0.3) is 0 Å². The van der Waals surface area contributed by atoms with E-state index in [2.05, 4.69) is 4.74 Å². The van der Waals surface area contributed by atoms with E-state index in [1.807, 2.05) is 0 Å². The fourth-order valence-corrected chi connectivity index (χ4v) is 1.10. The predicted molar refractivity (Wildman–Crippen MR) is 37.0 cm³/mol. The number of hydrogen-bond donors (Lipinski definition) is 1. The first kappa shape index (κ1) is 8.49. The molecule has 0 bridgehead atoms. The van der Waals surface area contributed by atoms with Crippen LogP contribution < -0.4 is 0 Å². The second-order valence-corrected chi connectivity index (χ2v) is 2.66. The summed E-state index contributed by atoms with van der Waals surface area (Å²) >= 11 is 0. The van der Waals surface area contributed by atoms with Crippen molar-refractivity contribution in [1.82, 2.24) is 0 Å². The summed E-state index contributed by atoms with van der Waals surface area (Å²) in [6.45, 7) is 1.73. The third-order valence-corrected chi connectivity index (χ3v) is 1.84. The van der Waals surface area contributed by atoms with Crippen LogP contribution in [0.5, 0.6) is 0 Å². The van der Waals surface area contributed by atoms with E-state index < -0.39 is 18.2 Å². The van der Waals surface area contributed by atoms with Gasteiger partial charge in [-0.15, -0.1) is 0 Å². The molecule has 1 aliphatic heterocycles. The van der Waals surface area contributed by atoms with Crippen molar-refractivity contribution in [2.75, 3.05) is 7.11 Å². The molecule has 1 fully saturated rings. The Bertz CT molecular complexity index is 147. The van der Waals surface area contributed by atoms with Crippen molar-refractivity contribution >= 4 is 5.97 Å². The summed E-state index contributed by atoms with van der Waals surface area (Å²) in [6, 6.07) is 0. The van der Waals surface area contributed by atoms with Crippen LogP contribution in [0.25, 0.3) is 0 Å². The summed E-state index contributed by atoms with van der Waals surface area (Å²) in [7, 11) is 1.31. The van der Waals surface area contributed by atoms with Crippen LogP contribution in [0.3, 0.4) is 0 Å². The van der Waals surface area contributed by atoms with Crippen LogP contribution in [-0.4, -0.2) is 36.5 Å². The molecule has 0 amide bonds. The fourth-order valence-electron chi connectivity index (χ4n) is 1.10. The maximum absolute atomic E-state index is 10.8. The van der Waals surface area contributed by atoms with Crippen molar-refractivity contribution in [2.24, 2.45) is 0 Å². The second kappa shape index (κ2) is 3.19. The number of carbonyl (C=O) groups excluding carboxylic acids is 1. The highest BCUT2D eigenvalue weighted by molar-refractivity contribution is 5.74. The zero-order chi connectivity index (χ0) is 8.43. The lowest BCUT2D eigenvalue weighted by Crippen LogP contribution is -2.21. The Labute approximate surface area is 65.1 Å². The van der Waals surface area contributed by atoms with E-state index in [0.717, 1.165) is 0 Å². The van der Waals surface area contributed by atoms with Gasteiger partial charge in [-0.2, -0.15) is 0 Å². The van der Waals surface area contributed by atoms with Gasteiger partial charge in [0.05, 0.1) is 19.3 Å². The maximum atomic E-state index is 10.8. The number of hydrogen-bond acceptors (Lipinski definition) is 4. The number of aliphatic hydroxyl groups is 1. The van der Waals surface area contributed by atoms with Gasteiger partial charge in [0.1, 0.15) is 0 Å². The van der Waals surface area contributed by atoms with Crippen molar-refractivity contribution in [2.45, 2.75) is 31.7 Å². The summed E-state index contributed by atoms with van der Waals surface area (Å²) in [6.07, 6.45) is -1.04. The second-order valence-electron chi connectivity index (χ2n) is 2.66. The molecule has 11 heavy (non-hydrogen) atoms. The van der Waals surface area contributed by atoms with Gasteiger partial charge in [-0.25, -0.2) is 4.79 Å². The van der Waals surface area contributed by atoms with Crippen LogP contribution >= 0.6 is 0 Å². The molecule has 64 valence electrons. The molecule has 0 aromatic heterocycles. The first-order chi connectivity index (χ1) is 5.15. The van der Waals surface area contributed by atoms with Crippen LogP contribution in [-0.2, 0) is 14.3 Å². The summed E-state index contributed by atoms with van der Waals surface area (Å²) in [4.78, 5) is 10.8. The lowest BCUT2D eigenvalue weighted by molar-refractivity contribution is -0.152. The minimum Gasteiger partial charge on any atom is -0.467 e. The molecule has 0 spiro atoms. The third kappa shape index (κ3) is 1.70. The van der Waals surface area contributed by atoms with Gasteiger partial charge in [0.2, 0.25) is 0 Å². The monoisotopic (exact) mass is 160 g/mol. The summed E-state index contributed by atoms with van der Waals surface area (Å²) in [5.41, 5.74) is 0. The molecule has 0 saturated carbocycles. The van der Waals surface area contributed by atoms with Gasteiger partial charge in [0, 0.05) is 6.42 Å². The molecule has 1 rings (SSSR count). The van der Waals surface area contributed by atoms with Gasteiger partial charge < -0.3 is 14.6 Å². The highest BCUT2D eigenvalue weighted by atomic mass is 16.6. The summed E-state index contributed by atoms with van der Waals surface area (Å²) < 4.78 is 9.56. The van der Waals surface area contributed by atoms with E-state index in [1.54, 1.807) is 6.92 Å². The van der Waals surface area contributed by atoms with E-state index in [0.29, 0.717) is 6.42 Å². The minimum absolute atomic E-state index is 0.265. The molecule has 0 aromatic carbocycles. The molecular formula is C7H12O4. The predicted octanol–water partition coefficient (Wildman–Crippen LogP) is -0.302. The van der Waals surface area contributed by atoms with Crippen molar-refractivity contribution in [3.63, 3.8) is 0 Å². The molecule has 1 saturated heterocycles. The number of methoxy groups -OCH3 is 1. The van der Waals surface area contributed by atoms with Gasteiger partial charge in [0.15, 0.2) is 6.10 Å². The Morgan fingerprint density at radius 1 is 1.73 bits per heavy atom. The minimum atomic E-state index is -0.579. The Morgan fingerprint density at radius 3 is 2.73 bits per heavy atom. The first-order valence-electron chi connectivity index (χ1n) is 3.56. The highest BCUT2D eigenvalue weighted by Crippen LogP contribution is 2.20. The SMILES string of the molecule is COC(=O)[C@H]1C[C@H](O)[C@H](C)O1. The number of ether oxygens (including phenoxy) is 2. The van der Waals surface area contributed by atoms with Gasteiger partial charge in [-0.05, 0) is 6.92 Å². The Balaban J connectivity index is 2.46. The zero-order valence-electron chi connectivity index (χ0n) is 6.61. The molecular weight excluding hydrogens is 148 g/mol.